The highest BCUT2D eigenvalue weighted by molar-refractivity contribution is 5.89. The molecule has 49 heavy (non-hydrogen) atoms. The molecule has 3 aliphatic rings. The first-order chi connectivity index (χ1) is 22.9. The van der Waals surface area contributed by atoms with E-state index >= 15 is 0 Å². The fourth-order valence-corrected chi connectivity index (χ4v) is 8.31. The average molecular weight is 679 g/mol. The van der Waals surface area contributed by atoms with Gasteiger partial charge in [0.15, 0.2) is 12.2 Å². The van der Waals surface area contributed by atoms with Crippen LogP contribution >= 0.6 is 0 Å². The van der Waals surface area contributed by atoms with Crippen LogP contribution in [0.2, 0.25) is 0 Å². The van der Waals surface area contributed by atoms with Crippen LogP contribution in [0.15, 0.2) is 66.7 Å². The van der Waals surface area contributed by atoms with Crippen LogP contribution in [0.3, 0.4) is 0 Å². The van der Waals surface area contributed by atoms with Crippen molar-refractivity contribution < 1.29 is 57.5 Å². The predicted octanol–water partition coefficient (Wildman–Crippen LogP) is 3.97. The highest BCUT2D eigenvalue weighted by Crippen LogP contribution is 2.69. The van der Waals surface area contributed by atoms with Gasteiger partial charge in [-0.05, 0) is 51.5 Å². The van der Waals surface area contributed by atoms with Gasteiger partial charge in [0.25, 0.3) is 0 Å². The van der Waals surface area contributed by atoms with Gasteiger partial charge in [0, 0.05) is 33.3 Å². The second kappa shape index (κ2) is 13.1. The van der Waals surface area contributed by atoms with Crippen molar-refractivity contribution in [3.05, 3.63) is 77.9 Å². The van der Waals surface area contributed by atoms with Gasteiger partial charge in [-0.25, -0.2) is 9.59 Å². The molecule has 2 aromatic rings. The quantitative estimate of drug-likeness (QED) is 0.243. The van der Waals surface area contributed by atoms with E-state index in [0.717, 1.165) is 19.4 Å². The summed E-state index contributed by atoms with van der Waals surface area (Å²) in [6, 6.07) is 17.1. The highest BCUT2D eigenvalue weighted by atomic mass is 16.6. The first kappa shape index (κ1) is 35.7. The Morgan fingerprint density at radius 3 is 1.88 bits per heavy atom. The van der Waals surface area contributed by atoms with E-state index in [1.54, 1.807) is 50.3 Å². The first-order valence-electron chi connectivity index (χ1n) is 16.1. The van der Waals surface area contributed by atoms with Crippen molar-refractivity contribution in [1.29, 1.82) is 0 Å². The maximum atomic E-state index is 13.8. The normalized spacial score (nSPS) is 34.3. The van der Waals surface area contributed by atoms with E-state index in [1.165, 1.54) is 39.0 Å². The number of benzene rings is 2. The third kappa shape index (κ3) is 6.23. The van der Waals surface area contributed by atoms with Gasteiger partial charge in [-0.2, -0.15) is 0 Å². The van der Waals surface area contributed by atoms with E-state index in [0.29, 0.717) is 0 Å². The Morgan fingerprint density at radius 2 is 1.31 bits per heavy atom. The van der Waals surface area contributed by atoms with Gasteiger partial charge >= 0.3 is 29.8 Å². The van der Waals surface area contributed by atoms with E-state index in [-0.39, 0.29) is 12.0 Å². The van der Waals surface area contributed by atoms with E-state index in [9.17, 15) is 29.1 Å². The van der Waals surface area contributed by atoms with E-state index in [1.807, 2.05) is 18.2 Å². The van der Waals surface area contributed by atoms with Crippen LogP contribution in [0.25, 0.3) is 6.08 Å². The predicted molar refractivity (Wildman–Crippen MR) is 172 cm³/mol. The van der Waals surface area contributed by atoms with Gasteiger partial charge < -0.3 is 33.5 Å². The van der Waals surface area contributed by atoms with Crippen molar-refractivity contribution in [3.8, 4) is 0 Å². The standard InChI is InChI=1S/C37H42O12/c1-21(38)44-26-20-35(6,43)37-31(47-27(41)19-18-24-14-10-8-11-15-24)28(34(4,5)49-37)29(45-22(2)39)32(36(37,7)30(26)46-23(3)40)48-33(42)25-16-12-9-13-17-25/h8-19,26,28-32,43H,20H2,1-7H3. The monoisotopic (exact) mass is 678 g/mol. The molecule has 5 rings (SSSR count). The third-order valence-electron chi connectivity index (χ3n) is 9.94. The molecule has 1 heterocycles. The van der Waals surface area contributed by atoms with Crippen LogP contribution in [0.5, 0.6) is 0 Å². The summed E-state index contributed by atoms with van der Waals surface area (Å²) < 4.78 is 36.9. The smallest absolute Gasteiger partial charge is 0.338 e. The molecule has 2 aromatic carbocycles. The van der Waals surface area contributed by atoms with Crippen molar-refractivity contribution in [2.75, 3.05) is 0 Å². The number of rotatable bonds is 8. The molecule has 9 atom stereocenters. The number of ether oxygens (including phenoxy) is 6. The minimum absolute atomic E-state index is 0.164. The Balaban J connectivity index is 1.76. The summed E-state index contributed by atoms with van der Waals surface area (Å²) in [4.78, 5) is 65.5. The van der Waals surface area contributed by atoms with Gasteiger partial charge in [-0.1, -0.05) is 48.5 Å². The number of hydrogen-bond acceptors (Lipinski definition) is 12. The molecule has 0 radical (unpaired) electrons. The molecule has 0 aromatic heterocycles. The zero-order valence-electron chi connectivity index (χ0n) is 28.5. The number of aliphatic hydroxyl groups is 1. The summed E-state index contributed by atoms with van der Waals surface area (Å²) >= 11 is 0. The SMILES string of the molecule is CC(=O)OC1CC(C)(O)C23OC(C)(C)C(C(OC(C)=O)C(OC(=O)c4ccccc4)C2(C)C1OC(C)=O)C3OC(=O)C=Cc1ccccc1. The van der Waals surface area contributed by atoms with E-state index in [4.69, 9.17) is 28.4 Å². The van der Waals surface area contributed by atoms with Gasteiger partial charge in [-0.15, -0.1) is 0 Å². The number of esters is 5. The molecule has 12 heteroatoms. The summed E-state index contributed by atoms with van der Waals surface area (Å²) in [7, 11) is 0. The maximum Gasteiger partial charge on any atom is 0.338 e. The summed E-state index contributed by atoms with van der Waals surface area (Å²) in [5.74, 6) is -4.90. The lowest BCUT2D eigenvalue weighted by Gasteiger charge is -2.65. The summed E-state index contributed by atoms with van der Waals surface area (Å²) in [5.41, 5.74) is -6.33. The second-order valence-corrected chi connectivity index (χ2v) is 13.8. The zero-order chi connectivity index (χ0) is 35.9. The minimum Gasteiger partial charge on any atom is -0.458 e. The fourth-order valence-electron chi connectivity index (χ4n) is 8.31. The molecule has 1 saturated heterocycles. The topological polar surface area (TPSA) is 161 Å². The van der Waals surface area contributed by atoms with Crippen LogP contribution < -0.4 is 0 Å². The molecule has 2 bridgehead atoms. The van der Waals surface area contributed by atoms with Crippen LogP contribution in [0.4, 0.5) is 0 Å². The Labute approximate surface area is 284 Å². The summed E-state index contributed by atoms with van der Waals surface area (Å²) in [6.07, 6.45) is -4.54. The van der Waals surface area contributed by atoms with Gasteiger partial charge in [-0.3, -0.25) is 14.4 Å². The third-order valence-corrected chi connectivity index (χ3v) is 9.94. The van der Waals surface area contributed by atoms with Gasteiger partial charge in [0.2, 0.25) is 0 Å². The number of carbonyl (C=O) groups excluding carboxylic acids is 5. The summed E-state index contributed by atoms with van der Waals surface area (Å²) in [5, 5.41) is 12.6. The molecular formula is C37H42O12. The molecule has 262 valence electrons. The van der Waals surface area contributed by atoms with Crippen LogP contribution in [0, 0.1) is 11.3 Å². The van der Waals surface area contributed by atoms with Crippen molar-refractivity contribution in [1.82, 2.24) is 0 Å². The second-order valence-electron chi connectivity index (χ2n) is 13.8. The number of hydrogen-bond donors (Lipinski definition) is 1. The minimum atomic E-state index is -2.00. The fraction of sp³-hybridized carbons (Fsp3) is 0.486. The maximum absolute atomic E-state index is 13.8. The largest absolute Gasteiger partial charge is 0.458 e. The lowest BCUT2D eigenvalue weighted by atomic mass is 9.46. The van der Waals surface area contributed by atoms with Gasteiger partial charge in [0.1, 0.15) is 23.9 Å². The van der Waals surface area contributed by atoms with Crippen LogP contribution in [-0.2, 0) is 47.6 Å². The number of carbonyl (C=O) groups is 5. The Hall–Kier alpha value is -4.55. The molecule has 2 aliphatic carbocycles. The van der Waals surface area contributed by atoms with Gasteiger partial charge in [0.05, 0.1) is 28.1 Å². The molecule has 2 saturated carbocycles. The molecule has 1 N–H and O–H groups in total. The lowest BCUT2D eigenvalue weighted by molar-refractivity contribution is -0.351. The van der Waals surface area contributed by atoms with Crippen molar-refractivity contribution in [2.24, 2.45) is 11.3 Å². The summed E-state index contributed by atoms with van der Waals surface area (Å²) in [6.45, 7) is 9.82. The average Bonchev–Trinajstić information content (AvgIpc) is 3.23. The molecule has 3 fully saturated rings. The van der Waals surface area contributed by atoms with Crippen molar-refractivity contribution in [2.45, 2.75) is 102 Å². The Kier molecular flexibility index (Phi) is 9.52. The Bertz CT molecular complexity index is 1630. The number of fused-ring (bicyclic) bond motifs is 1. The van der Waals surface area contributed by atoms with Crippen molar-refractivity contribution in [3.63, 3.8) is 0 Å². The molecule has 9 unspecified atom stereocenters. The van der Waals surface area contributed by atoms with Crippen LogP contribution in [-0.4, -0.2) is 82.3 Å². The lowest BCUT2D eigenvalue weighted by Crippen LogP contribution is -2.83. The molecular weight excluding hydrogens is 636 g/mol. The Morgan fingerprint density at radius 1 is 0.735 bits per heavy atom. The molecule has 12 nitrogen and oxygen atoms in total. The molecule has 0 amide bonds. The van der Waals surface area contributed by atoms with E-state index < -0.39 is 88.5 Å². The molecule has 1 aliphatic heterocycles. The van der Waals surface area contributed by atoms with Crippen LogP contribution in [0.1, 0.15) is 70.8 Å². The van der Waals surface area contributed by atoms with Crippen molar-refractivity contribution >= 4 is 35.9 Å². The zero-order valence-corrected chi connectivity index (χ0v) is 28.5. The first-order valence-corrected chi connectivity index (χ1v) is 16.1. The highest BCUT2D eigenvalue weighted by Gasteiger charge is 2.87. The molecule has 1 spiro atoms. The van der Waals surface area contributed by atoms with E-state index in [2.05, 4.69) is 0 Å².